The quantitative estimate of drug-likeness (QED) is 0.250. The van der Waals surface area contributed by atoms with Crippen molar-refractivity contribution in [1.82, 2.24) is 9.21 Å². The predicted molar refractivity (Wildman–Crippen MR) is 148 cm³/mol. The van der Waals surface area contributed by atoms with E-state index in [2.05, 4.69) is 9.71 Å². The first-order valence-electron chi connectivity index (χ1n) is 12.5. The number of carbonyl (C=O) groups is 1. The average Bonchev–Trinajstić information content (AvgIpc) is 3.21. The smallest absolute Gasteiger partial charge is 0.441 e. The highest BCUT2D eigenvalue weighted by molar-refractivity contribution is 7.90. The molecular formula is C28H32FN4O4S+. The van der Waals surface area contributed by atoms with Gasteiger partial charge in [-0.15, -0.1) is 0 Å². The number of amides is 2. The van der Waals surface area contributed by atoms with E-state index in [0.29, 0.717) is 47.9 Å². The van der Waals surface area contributed by atoms with Gasteiger partial charge in [-0.2, -0.15) is 9.48 Å². The van der Waals surface area contributed by atoms with Gasteiger partial charge in [0.2, 0.25) is 15.9 Å². The first-order chi connectivity index (χ1) is 18.2. The van der Waals surface area contributed by atoms with Crippen LogP contribution in [0, 0.1) is 5.82 Å². The summed E-state index contributed by atoms with van der Waals surface area (Å²) in [6, 6.07) is 17.7. The summed E-state index contributed by atoms with van der Waals surface area (Å²) in [5, 5.41) is 0. The number of carbonyl (C=O) groups excluding carboxylic acids is 1. The summed E-state index contributed by atoms with van der Waals surface area (Å²) in [7, 11) is -3.84. The second-order valence-electron chi connectivity index (χ2n) is 9.24. The van der Waals surface area contributed by atoms with Crippen molar-refractivity contribution in [2.75, 3.05) is 11.5 Å². The van der Waals surface area contributed by atoms with E-state index >= 15 is 0 Å². The molecule has 2 amide bonds. The van der Waals surface area contributed by atoms with E-state index in [1.807, 2.05) is 26.0 Å². The number of nitrogens with one attached hydrogen (secondary N) is 1. The number of unbranched alkanes of at least 4 members (excludes halogenated alkanes) is 1. The number of nitrogens with two attached hydrogens (primary N) is 1. The highest BCUT2D eigenvalue weighted by Crippen LogP contribution is 2.44. The molecule has 0 aliphatic carbocycles. The van der Waals surface area contributed by atoms with Crippen molar-refractivity contribution in [2.24, 2.45) is 4.99 Å². The van der Waals surface area contributed by atoms with Crippen LogP contribution in [-0.2, 0) is 23.2 Å². The molecule has 3 aromatic rings. The minimum Gasteiger partial charge on any atom is -0.489 e. The molecule has 38 heavy (non-hydrogen) atoms. The zero-order valence-corrected chi connectivity index (χ0v) is 22.3. The molecule has 0 spiro atoms. The lowest BCUT2D eigenvalue weighted by atomic mass is 10.1. The van der Waals surface area contributed by atoms with Gasteiger partial charge in [0.15, 0.2) is 5.69 Å². The van der Waals surface area contributed by atoms with Gasteiger partial charge in [0.1, 0.15) is 30.4 Å². The molecule has 0 saturated carbocycles. The Morgan fingerprint density at radius 2 is 1.71 bits per heavy atom. The monoisotopic (exact) mass is 539 g/mol. The number of benzene rings is 3. The fourth-order valence-electron chi connectivity index (χ4n) is 4.44. The Morgan fingerprint density at radius 3 is 2.37 bits per heavy atom. The number of ether oxygens (including phenoxy) is 1. The molecule has 1 atom stereocenters. The molecule has 1 aliphatic rings. The SMILES string of the molecule is CCCCS(=O)(=O)NC(=O)[N+]1(Cc2ccc(OCc3ccc(F)cc3)cc2)C(CC)=Nc2ccc(N)cc21. The van der Waals surface area contributed by atoms with Gasteiger partial charge < -0.3 is 10.5 Å². The van der Waals surface area contributed by atoms with Gasteiger partial charge >= 0.3 is 6.03 Å². The Labute approximate surface area is 222 Å². The lowest BCUT2D eigenvalue weighted by Gasteiger charge is -2.32. The molecule has 0 radical (unpaired) electrons. The van der Waals surface area contributed by atoms with Crippen LogP contribution in [0.5, 0.6) is 5.75 Å². The topological polar surface area (TPSA) is 111 Å². The normalized spacial score (nSPS) is 16.6. The number of hydrogen-bond acceptors (Lipinski definition) is 6. The fraction of sp³-hybridized carbons (Fsp3) is 0.286. The number of nitrogen functional groups attached to an aromatic ring is 1. The Bertz CT molecular complexity index is 1440. The molecule has 3 aromatic carbocycles. The first-order valence-corrected chi connectivity index (χ1v) is 14.2. The van der Waals surface area contributed by atoms with Crippen LogP contribution in [0.1, 0.15) is 44.2 Å². The third-order valence-electron chi connectivity index (χ3n) is 6.44. The van der Waals surface area contributed by atoms with Crippen molar-refractivity contribution >= 4 is 39.0 Å². The third-order valence-corrected chi connectivity index (χ3v) is 7.75. The van der Waals surface area contributed by atoms with Crippen LogP contribution in [0.2, 0.25) is 0 Å². The Morgan fingerprint density at radius 1 is 1.03 bits per heavy atom. The fourth-order valence-corrected chi connectivity index (χ4v) is 5.63. The molecule has 0 aromatic heterocycles. The maximum Gasteiger partial charge on any atom is 0.441 e. The zero-order chi connectivity index (χ0) is 27.3. The minimum atomic E-state index is -3.84. The molecule has 1 heterocycles. The number of halogens is 1. The van der Waals surface area contributed by atoms with Crippen LogP contribution in [0.25, 0.3) is 0 Å². The number of nitrogens with zero attached hydrogens (tertiary/aromatic N) is 2. The molecule has 1 aliphatic heterocycles. The molecule has 0 bridgehead atoms. The number of amidine groups is 1. The van der Waals surface area contributed by atoms with Gasteiger partial charge in [-0.05, 0) is 60.5 Å². The van der Waals surface area contributed by atoms with Crippen molar-refractivity contribution in [1.29, 1.82) is 0 Å². The van der Waals surface area contributed by atoms with E-state index in [-0.39, 0.29) is 24.7 Å². The van der Waals surface area contributed by atoms with Crippen molar-refractivity contribution in [2.45, 2.75) is 46.3 Å². The minimum absolute atomic E-state index is 0.135. The third kappa shape index (κ3) is 5.87. The van der Waals surface area contributed by atoms with Crippen molar-refractivity contribution in [3.05, 3.63) is 83.7 Å². The van der Waals surface area contributed by atoms with Gasteiger partial charge in [0.25, 0.3) is 0 Å². The maximum atomic E-state index is 13.9. The number of aliphatic imine (C=N–C) groups is 1. The molecule has 0 saturated heterocycles. The Balaban J connectivity index is 1.64. The van der Waals surface area contributed by atoms with E-state index in [1.54, 1.807) is 42.5 Å². The van der Waals surface area contributed by atoms with Gasteiger partial charge in [-0.1, -0.05) is 32.4 Å². The Kier molecular flexibility index (Phi) is 8.13. The van der Waals surface area contributed by atoms with Gasteiger partial charge in [0, 0.05) is 23.7 Å². The molecule has 4 rings (SSSR count). The van der Waals surface area contributed by atoms with Gasteiger partial charge in [-0.3, -0.25) is 0 Å². The van der Waals surface area contributed by atoms with E-state index in [1.165, 1.54) is 12.1 Å². The van der Waals surface area contributed by atoms with Crippen LogP contribution in [0.15, 0.2) is 71.7 Å². The summed E-state index contributed by atoms with van der Waals surface area (Å²) in [6.45, 7) is 4.18. The second kappa shape index (κ2) is 11.3. The summed E-state index contributed by atoms with van der Waals surface area (Å²) >= 11 is 0. The highest BCUT2D eigenvalue weighted by Gasteiger charge is 2.51. The molecule has 200 valence electrons. The number of hydrogen-bond donors (Lipinski definition) is 2. The van der Waals surface area contributed by atoms with E-state index in [0.717, 1.165) is 11.1 Å². The summed E-state index contributed by atoms with van der Waals surface area (Å²) in [5.41, 5.74) is 9.25. The van der Waals surface area contributed by atoms with E-state index in [4.69, 9.17) is 10.5 Å². The number of sulfonamides is 1. The summed E-state index contributed by atoms with van der Waals surface area (Å²) in [4.78, 5) is 18.5. The van der Waals surface area contributed by atoms with E-state index < -0.39 is 20.5 Å². The van der Waals surface area contributed by atoms with Gasteiger partial charge in [0.05, 0.1) is 5.75 Å². The Hall–Kier alpha value is -3.76. The maximum absolute atomic E-state index is 13.9. The summed E-state index contributed by atoms with van der Waals surface area (Å²) in [6.07, 6.45) is 1.56. The lowest BCUT2D eigenvalue weighted by molar-refractivity contribution is 0.225. The highest BCUT2D eigenvalue weighted by atomic mass is 32.2. The molecule has 1 unspecified atom stereocenters. The zero-order valence-electron chi connectivity index (χ0n) is 21.5. The van der Waals surface area contributed by atoms with E-state index in [9.17, 15) is 17.6 Å². The van der Waals surface area contributed by atoms with Crippen LogP contribution in [0.3, 0.4) is 0 Å². The predicted octanol–water partition coefficient (Wildman–Crippen LogP) is 5.79. The largest absolute Gasteiger partial charge is 0.489 e. The second-order valence-corrected chi connectivity index (χ2v) is 11.1. The molecule has 3 N–H and O–H groups in total. The van der Waals surface area contributed by atoms with Crippen molar-refractivity contribution in [3.8, 4) is 5.75 Å². The van der Waals surface area contributed by atoms with Crippen LogP contribution >= 0.6 is 0 Å². The van der Waals surface area contributed by atoms with Crippen molar-refractivity contribution < 1.29 is 22.3 Å². The lowest BCUT2D eigenvalue weighted by Crippen LogP contribution is -2.61. The molecule has 8 nitrogen and oxygen atoms in total. The first kappa shape index (κ1) is 27.3. The standard InChI is InChI=1S/C28H31FN4O4S/c1-3-5-16-38(35,36)32-28(34)33(26-17-23(30)12-15-25(26)31-27(33)4-2)18-20-8-13-24(14-9-20)37-19-21-6-10-22(29)11-7-21/h6-15,17H,3-5,16,18-19,30H2,1-2H3/p+1. The summed E-state index contributed by atoms with van der Waals surface area (Å²) in [5.74, 6) is 0.673. The summed E-state index contributed by atoms with van der Waals surface area (Å²) < 4.78 is 46.3. The number of anilines is 1. The van der Waals surface area contributed by atoms with Crippen LogP contribution in [0.4, 0.5) is 26.2 Å². The number of rotatable bonds is 10. The molecular weight excluding hydrogens is 507 g/mol. The molecule has 10 heteroatoms. The number of fused-ring (bicyclic) bond motifs is 1. The number of urea groups is 1. The number of quaternary nitrogens is 1. The van der Waals surface area contributed by atoms with Crippen LogP contribution in [-0.4, -0.2) is 26.0 Å². The molecule has 0 fully saturated rings. The van der Waals surface area contributed by atoms with Gasteiger partial charge in [-0.25, -0.2) is 22.3 Å². The van der Waals surface area contributed by atoms with Crippen molar-refractivity contribution in [3.63, 3.8) is 0 Å². The van der Waals surface area contributed by atoms with Crippen LogP contribution < -0.4 is 19.7 Å². The average molecular weight is 540 g/mol.